The van der Waals surface area contributed by atoms with Gasteiger partial charge in [0, 0.05) is 12.8 Å². The van der Waals surface area contributed by atoms with E-state index >= 15 is 0 Å². The van der Waals surface area contributed by atoms with Crippen LogP contribution in [0.2, 0.25) is 0 Å². The number of rotatable bonds is 16. The number of phenols is 1. The lowest BCUT2D eigenvalue weighted by molar-refractivity contribution is -0.474. The highest BCUT2D eigenvalue weighted by atomic mass is 16.9. The molecule has 7 unspecified atom stereocenters. The van der Waals surface area contributed by atoms with E-state index in [1.54, 1.807) is 0 Å². The molecule has 7 atom stereocenters. The third-order valence-electron chi connectivity index (χ3n) is 13.7. The summed E-state index contributed by atoms with van der Waals surface area (Å²) in [4.78, 5) is 25.8. The minimum Gasteiger partial charge on any atom is -0.508 e. The number of carbonyl (C=O) groups is 2. The molecular formula is C46H72O11. The quantitative estimate of drug-likeness (QED) is 0.161. The monoisotopic (exact) mass is 801 g/mol. The summed E-state index contributed by atoms with van der Waals surface area (Å²) in [7, 11) is 0. The number of fused-ring (bicyclic) bond motifs is 5. The lowest BCUT2D eigenvalue weighted by atomic mass is 9.56. The average molecular weight is 801 g/mol. The van der Waals surface area contributed by atoms with Crippen molar-refractivity contribution in [2.45, 2.75) is 157 Å². The predicted octanol–water partition coefficient (Wildman–Crippen LogP) is 8.68. The maximum absolute atomic E-state index is 12.9. The topological polar surface area (TPSA) is 128 Å². The molecule has 1 aromatic carbocycles. The van der Waals surface area contributed by atoms with E-state index in [1.165, 1.54) is 24.0 Å². The molecule has 2 heterocycles. The molecule has 1 N–H and O–H groups in total. The van der Waals surface area contributed by atoms with Gasteiger partial charge < -0.3 is 43.0 Å². The number of phenolic OH excluding ortho intramolecular Hbond substituents is 1. The van der Waals surface area contributed by atoms with Gasteiger partial charge in [0.25, 0.3) is 11.9 Å². The predicted molar refractivity (Wildman–Crippen MR) is 214 cm³/mol. The van der Waals surface area contributed by atoms with Crippen molar-refractivity contribution in [1.82, 2.24) is 0 Å². The van der Waals surface area contributed by atoms with Crippen LogP contribution < -0.4 is 0 Å². The first-order chi connectivity index (χ1) is 27.0. The third kappa shape index (κ3) is 10.2. The first-order valence-corrected chi connectivity index (χ1v) is 22.1. The Morgan fingerprint density at radius 2 is 1.39 bits per heavy atom. The summed E-state index contributed by atoms with van der Waals surface area (Å²) in [6.45, 7) is 19.4. The van der Waals surface area contributed by atoms with Crippen LogP contribution in [0, 0.1) is 46.3 Å². The number of hydrogen-bond acceptors (Lipinski definition) is 11. The molecule has 0 aromatic heterocycles. The van der Waals surface area contributed by atoms with Crippen LogP contribution in [-0.2, 0) is 53.9 Å². The van der Waals surface area contributed by atoms with Crippen molar-refractivity contribution >= 4 is 11.9 Å². The number of carbonyl (C=O) groups excluding carboxylic acids is 2. The van der Waals surface area contributed by atoms with Crippen LogP contribution in [0.15, 0.2) is 18.2 Å². The molecule has 11 heteroatoms. The number of esters is 2. The first-order valence-electron chi connectivity index (χ1n) is 22.1. The van der Waals surface area contributed by atoms with E-state index in [9.17, 15) is 14.7 Å². The third-order valence-corrected chi connectivity index (χ3v) is 13.7. The first kappa shape index (κ1) is 44.3. The molecule has 4 fully saturated rings. The van der Waals surface area contributed by atoms with Crippen LogP contribution in [0.3, 0.4) is 0 Å². The van der Waals surface area contributed by atoms with Crippen LogP contribution in [0.25, 0.3) is 0 Å². The Balaban J connectivity index is 1.04. The Labute approximate surface area is 341 Å². The molecule has 3 aliphatic carbocycles. The lowest BCUT2D eigenvalue weighted by Gasteiger charge is -2.50. The van der Waals surface area contributed by atoms with Gasteiger partial charge in [-0.15, -0.1) is 0 Å². The Bertz CT molecular complexity index is 1480. The van der Waals surface area contributed by atoms with E-state index in [1.807, 2.05) is 39.8 Å². The van der Waals surface area contributed by atoms with E-state index in [4.69, 9.17) is 37.9 Å². The van der Waals surface area contributed by atoms with Gasteiger partial charge in [0.15, 0.2) is 0 Å². The summed E-state index contributed by atoms with van der Waals surface area (Å²) in [5.74, 6) is -0.961. The molecule has 322 valence electrons. The molecular weight excluding hydrogens is 728 g/mol. The molecule has 0 bridgehead atoms. The SMILES string of the molecule is CCC1(OC(COC(=O)C(C)CC(C)C)COC(=O)C(C)CC(C)C)OCC2(CO1)COC(CC)(OC1CC3C4CCc5cc(O)ccc5C4CCC3(C)C1)OC2. The largest absolute Gasteiger partial charge is 0.508 e. The van der Waals surface area contributed by atoms with E-state index in [0.717, 1.165) is 25.7 Å². The highest BCUT2D eigenvalue weighted by Gasteiger charge is 2.57. The van der Waals surface area contributed by atoms with Gasteiger partial charge in [-0.2, -0.15) is 0 Å². The number of aromatic hydroxyl groups is 1. The second kappa shape index (κ2) is 18.1. The van der Waals surface area contributed by atoms with E-state index < -0.39 is 23.5 Å². The fourth-order valence-electron chi connectivity index (χ4n) is 10.6. The normalized spacial score (nSPS) is 35.3. The molecule has 2 aliphatic heterocycles. The van der Waals surface area contributed by atoms with Crippen molar-refractivity contribution in [2.24, 2.45) is 46.3 Å². The van der Waals surface area contributed by atoms with Gasteiger partial charge in [-0.3, -0.25) is 9.59 Å². The number of aryl methyl sites for hydroxylation is 1. The van der Waals surface area contributed by atoms with E-state index in [-0.39, 0.29) is 61.7 Å². The molecule has 1 aromatic rings. The second-order valence-electron chi connectivity index (χ2n) is 19.5. The van der Waals surface area contributed by atoms with Gasteiger partial charge in [-0.25, -0.2) is 0 Å². The molecule has 0 amide bonds. The fraction of sp³-hybridized carbons (Fsp3) is 0.826. The summed E-state index contributed by atoms with van der Waals surface area (Å²) >= 11 is 0. The summed E-state index contributed by atoms with van der Waals surface area (Å²) in [6.07, 6.45) is 8.05. The van der Waals surface area contributed by atoms with Crippen molar-refractivity contribution in [2.75, 3.05) is 39.6 Å². The Kier molecular flexibility index (Phi) is 14.1. The number of hydrogen-bond donors (Lipinski definition) is 1. The summed E-state index contributed by atoms with van der Waals surface area (Å²) in [5.41, 5.74) is 2.39. The van der Waals surface area contributed by atoms with E-state index in [0.29, 0.717) is 74.2 Å². The van der Waals surface area contributed by atoms with Crippen molar-refractivity contribution in [3.05, 3.63) is 29.3 Å². The fourth-order valence-corrected chi connectivity index (χ4v) is 10.6. The average Bonchev–Trinajstić information content (AvgIpc) is 3.52. The maximum atomic E-state index is 12.9. The van der Waals surface area contributed by atoms with Crippen LogP contribution in [-0.4, -0.2) is 80.8 Å². The maximum Gasteiger partial charge on any atom is 0.308 e. The zero-order valence-electron chi connectivity index (χ0n) is 36.3. The minimum atomic E-state index is -1.43. The zero-order valence-corrected chi connectivity index (χ0v) is 36.3. The minimum absolute atomic E-state index is 0.0378. The Morgan fingerprint density at radius 1 is 0.825 bits per heavy atom. The van der Waals surface area contributed by atoms with Gasteiger partial charge in [-0.05, 0) is 110 Å². The van der Waals surface area contributed by atoms with Crippen molar-refractivity contribution in [1.29, 1.82) is 0 Å². The van der Waals surface area contributed by atoms with Crippen LogP contribution in [0.5, 0.6) is 5.75 Å². The standard InChI is InChI=1S/C46H72O11/c1-10-45(56-35-21-40-39-14-12-33-20-34(47)13-15-37(33)38(39)16-17-43(40,9)22-35)52-25-44(26-53-45)27-54-46(11-2,55-28-44)57-36(23-50-41(48)31(7)18-29(3)4)24-51-42(49)32(8)19-30(5)6/h13,15,20,29-32,35-36,38-40,47H,10-12,14,16-19,21-28H2,1-9H3. The Hall–Kier alpha value is -2.28. The molecule has 6 rings (SSSR count). The van der Waals surface area contributed by atoms with Gasteiger partial charge >= 0.3 is 11.9 Å². The van der Waals surface area contributed by atoms with Gasteiger partial charge in [0.2, 0.25) is 0 Å². The second-order valence-corrected chi connectivity index (χ2v) is 19.5. The van der Waals surface area contributed by atoms with Crippen molar-refractivity contribution in [3.8, 4) is 5.75 Å². The number of benzene rings is 1. The van der Waals surface area contributed by atoms with Gasteiger partial charge in [0.05, 0.1) is 49.8 Å². The van der Waals surface area contributed by atoms with Crippen LogP contribution in [0.4, 0.5) is 0 Å². The molecule has 57 heavy (non-hydrogen) atoms. The summed E-state index contributed by atoms with van der Waals surface area (Å²) < 4.78 is 50.6. The van der Waals surface area contributed by atoms with Crippen LogP contribution >= 0.6 is 0 Å². The van der Waals surface area contributed by atoms with Crippen molar-refractivity contribution in [3.63, 3.8) is 0 Å². The summed E-state index contributed by atoms with van der Waals surface area (Å²) in [5, 5.41) is 10.1. The zero-order chi connectivity index (χ0) is 41.2. The molecule has 2 saturated carbocycles. The molecule has 1 spiro atoms. The highest BCUT2D eigenvalue weighted by molar-refractivity contribution is 5.72. The number of ether oxygens (including phenoxy) is 8. The van der Waals surface area contributed by atoms with E-state index in [2.05, 4.69) is 40.7 Å². The van der Waals surface area contributed by atoms with Crippen molar-refractivity contribution < 1.29 is 52.6 Å². The molecule has 5 aliphatic rings. The van der Waals surface area contributed by atoms with Gasteiger partial charge in [0.1, 0.15) is 25.1 Å². The molecule has 2 saturated heterocycles. The van der Waals surface area contributed by atoms with Crippen LogP contribution in [0.1, 0.15) is 137 Å². The lowest BCUT2D eigenvalue weighted by Crippen LogP contribution is -2.61. The van der Waals surface area contributed by atoms with Gasteiger partial charge in [-0.1, -0.05) is 68.4 Å². The molecule has 0 radical (unpaired) electrons. The highest BCUT2D eigenvalue weighted by Crippen LogP contribution is 2.62. The Morgan fingerprint density at radius 3 is 1.93 bits per heavy atom. The summed E-state index contributed by atoms with van der Waals surface area (Å²) in [6, 6.07) is 5.98. The smallest absolute Gasteiger partial charge is 0.308 e. The molecule has 11 nitrogen and oxygen atoms in total.